The zero-order valence-electron chi connectivity index (χ0n) is 14.8. The average molecular weight is 354 g/mol. The van der Waals surface area contributed by atoms with E-state index in [0.717, 1.165) is 17.8 Å². The Kier molecular flexibility index (Phi) is 4.18. The molecule has 1 spiro atoms. The Morgan fingerprint density at radius 1 is 1.19 bits per heavy atom. The fourth-order valence-corrected chi connectivity index (χ4v) is 4.19. The lowest BCUT2D eigenvalue weighted by Gasteiger charge is -2.50. The minimum absolute atomic E-state index is 0.112. The fourth-order valence-electron chi connectivity index (χ4n) is 4.19. The van der Waals surface area contributed by atoms with Gasteiger partial charge in [-0.15, -0.1) is 0 Å². The minimum atomic E-state index is -0.417. The van der Waals surface area contributed by atoms with Crippen LogP contribution in [-0.4, -0.2) is 61.2 Å². The quantitative estimate of drug-likeness (QED) is 0.872. The van der Waals surface area contributed by atoms with Crippen molar-refractivity contribution in [3.8, 4) is 0 Å². The molecule has 1 N–H and O–H groups in total. The Balaban J connectivity index is 1.59. The molecular weight excluding hydrogens is 332 g/mol. The summed E-state index contributed by atoms with van der Waals surface area (Å²) in [5.41, 5.74) is 2.02. The zero-order chi connectivity index (χ0) is 18.1. The molecule has 1 fully saturated rings. The highest BCUT2D eigenvalue weighted by Crippen LogP contribution is 2.42. The van der Waals surface area contributed by atoms with Crippen molar-refractivity contribution in [1.82, 2.24) is 29.7 Å². The first-order valence-corrected chi connectivity index (χ1v) is 9.04. The van der Waals surface area contributed by atoms with Crippen LogP contribution in [0.2, 0.25) is 0 Å². The van der Waals surface area contributed by atoms with Crippen LogP contribution in [0.3, 0.4) is 0 Å². The molecule has 2 aliphatic rings. The molecule has 26 heavy (non-hydrogen) atoms. The van der Waals surface area contributed by atoms with E-state index in [9.17, 15) is 9.59 Å². The number of H-pyrrole nitrogens is 1. The highest BCUT2D eigenvalue weighted by Gasteiger charge is 2.48. The van der Waals surface area contributed by atoms with Crippen LogP contribution in [0.25, 0.3) is 0 Å². The van der Waals surface area contributed by atoms with Crippen molar-refractivity contribution in [2.75, 3.05) is 19.6 Å². The first kappa shape index (κ1) is 16.7. The molecule has 0 aliphatic carbocycles. The molecule has 4 rings (SSSR count). The van der Waals surface area contributed by atoms with Gasteiger partial charge in [0.15, 0.2) is 0 Å². The molecular formula is C18H22N6O2. The van der Waals surface area contributed by atoms with Gasteiger partial charge in [0.2, 0.25) is 5.91 Å². The molecule has 0 unspecified atom stereocenters. The summed E-state index contributed by atoms with van der Waals surface area (Å²) in [6.45, 7) is 3.72. The number of carbonyl (C=O) groups is 2. The van der Waals surface area contributed by atoms with E-state index in [1.807, 2.05) is 11.8 Å². The maximum absolute atomic E-state index is 12.7. The van der Waals surface area contributed by atoms with E-state index in [1.165, 1.54) is 12.4 Å². The number of amides is 2. The molecule has 2 aromatic rings. The van der Waals surface area contributed by atoms with Gasteiger partial charge in [0.05, 0.1) is 23.8 Å². The number of piperidine rings is 1. The molecule has 0 atom stereocenters. The molecule has 2 aromatic heterocycles. The Morgan fingerprint density at radius 2 is 2.00 bits per heavy atom. The maximum Gasteiger partial charge on any atom is 0.274 e. The summed E-state index contributed by atoms with van der Waals surface area (Å²) in [4.78, 5) is 44.9. The van der Waals surface area contributed by atoms with Crippen molar-refractivity contribution in [2.24, 2.45) is 0 Å². The number of carbonyl (C=O) groups excluding carboxylic acids is 2. The van der Waals surface area contributed by atoms with E-state index in [-0.39, 0.29) is 11.8 Å². The van der Waals surface area contributed by atoms with Crippen molar-refractivity contribution in [1.29, 1.82) is 0 Å². The van der Waals surface area contributed by atoms with Gasteiger partial charge >= 0.3 is 0 Å². The number of aromatic amines is 1. The van der Waals surface area contributed by atoms with Crippen LogP contribution in [0.15, 0.2) is 24.9 Å². The second-order valence-corrected chi connectivity index (χ2v) is 6.79. The highest BCUT2D eigenvalue weighted by molar-refractivity contribution is 5.92. The van der Waals surface area contributed by atoms with E-state index in [0.29, 0.717) is 44.6 Å². The number of imidazole rings is 1. The summed E-state index contributed by atoms with van der Waals surface area (Å²) >= 11 is 0. The molecule has 0 saturated carbocycles. The molecule has 0 aromatic carbocycles. The summed E-state index contributed by atoms with van der Waals surface area (Å²) in [7, 11) is 0. The number of hydrogen-bond acceptors (Lipinski definition) is 5. The van der Waals surface area contributed by atoms with Crippen LogP contribution in [-0.2, 0) is 16.8 Å². The monoisotopic (exact) mass is 354 g/mol. The zero-order valence-corrected chi connectivity index (χ0v) is 14.8. The highest BCUT2D eigenvalue weighted by atomic mass is 16.2. The summed E-state index contributed by atoms with van der Waals surface area (Å²) in [6.07, 6.45) is 8.92. The summed E-state index contributed by atoms with van der Waals surface area (Å²) < 4.78 is 0. The van der Waals surface area contributed by atoms with Gasteiger partial charge in [-0.1, -0.05) is 6.92 Å². The number of rotatable bonds is 2. The number of hydrogen-bond donors (Lipinski definition) is 1. The summed E-state index contributed by atoms with van der Waals surface area (Å²) in [5.74, 6) is 0.0340. The van der Waals surface area contributed by atoms with Gasteiger partial charge in [0.1, 0.15) is 5.69 Å². The van der Waals surface area contributed by atoms with Crippen molar-refractivity contribution in [2.45, 2.75) is 38.1 Å². The number of aromatic nitrogens is 4. The SMILES string of the molecule is CCC(=O)N1CCc2[nH]cnc2C12CCN(C(=O)c1cnccn1)CC2. The maximum atomic E-state index is 12.7. The van der Waals surface area contributed by atoms with Gasteiger partial charge in [0.25, 0.3) is 5.91 Å². The lowest BCUT2D eigenvalue weighted by Crippen LogP contribution is -2.58. The van der Waals surface area contributed by atoms with Crippen LogP contribution in [0, 0.1) is 0 Å². The third-order valence-electron chi connectivity index (χ3n) is 5.52. The van der Waals surface area contributed by atoms with Crippen molar-refractivity contribution >= 4 is 11.8 Å². The third kappa shape index (κ3) is 2.56. The van der Waals surface area contributed by atoms with E-state index in [1.54, 1.807) is 17.4 Å². The van der Waals surface area contributed by atoms with Gasteiger partial charge < -0.3 is 14.8 Å². The third-order valence-corrected chi connectivity index (χ3v) is 5.52. The number of likely N-dealkylation sites (tertiary alicyclic amines) is 1. The van der Waals surface area contributed by atoms with Gasteiger partial charge in [0, 0.05) is 50.6 Å². The molecule has 2 amide bonds. The molecule has 4 heterocycles. The number of nitrogens with zero attached hydrogens (tertiary/aromatic N) is 5. The van der Waals surface area contributed by atoms with Gasteiger partial charge in [-0.2, -0.15) is 0 Å². The van der Waals surface area contributed by atoms with Crippen LogP contribution < -0.4 is 0 Å². The molecule has 8 nitrogen and oxygen atoms in total. The Bertz CT molecular complexity index is 810. The van der Waals surface area contributed by atoms with Gasteiger partial charge in [-0.3, -0.25) is 14.6 Å². The second-order valence-electron chi connectivity index (χ2n) is 6.79. The Morgan fingerprint density at radius 3 is 2.69 bits per heavy atom. The molecule has 1 saturated heterocycles. The molecule has 0 bridgehead atoms. The number of fused-ring (bicyclic) bond motifs is 2. The average Bonchev–Trinajstić information content (AvgIpc) is 3.18. The van der Waals surface area contributed by atoms with Crippen LogP contribution in [0.5, 0.6) is 0 Å². The second kappa shape index (κ2) is 6.51. The van der Waals surface area contributed by atoms with Crippen molar-refractivity contribution in [3.05, 3.63) is 42.0 Å². The largest absolute Gasteiger partial charge is 0.348 e. The predicted octanol–water partition coefficient (Wildman–Crippen LogP) is 1.13. The molecule has 8 heteroatoms. The lowest BCUT2D eigenvalue weighted by molar-refractivity contribution is -0.141. The summed E-state index contributed by atoms with van der Waals surface area (Å²) in [5, 5.41) is 0. The van der Waals surface area contributed by atoms with Gasteiger partial charge in [-0.25, -0.2) is 9.97 Å². The van der Waals surface area contributed by atoms with Crippen LogP contribution >= 0.6 is 0 Å². The van der Waals surface area contributed by atoms with E-state index in [4.69, 9.17) is 0 Å². The van der Waals surface area contributed by atoms with Crippen molar-refractivity contribution < 1.29 is 9.59 Å². The smallest absolute Gasteiger partial charge is 0.274 e. The first-order chi connectivity index (χ1) is 12.7. The van der Waals surface area contributed by atoms with Crippen molar-refractivity contribution in [3.63, 3.8) is 0 Å². The molecule has 0 radical (unpaired) electrons. The Hall–Kier alpha value is -2.77. The van der Waals surface area contributed by atoms with E-state index < -0.39 is 5.54 Å². The topological polar surface area (TPSA) is 95.1 Å². The first-order valence-electron chi connectivity index (χ1n) is 9.04. The van der Waals surface area contributed by atoms with E-state index in [2.05, 4.69) is 19.9 Å². The van der Waals surface area contributed by atoms with Crippen LogP contribution in [0.1, 0.15) is 48.1 Å². The molecule has 136 valence electrons. The van der Waals surface area contributed by atoms with Crippen LogP contribution in [0.4, 0.5) is 0 Å². The fraction of sp³-hybridized carbons (Fsp3) is 0.500. The predicted molar refractivity (Wildman–Crippen MR) is 93.1 cm³/mol. The summed E-state index contributed by atoms with van der Waals surface area (Å²) in [6, 6.07) is 0. The van der Waals surface area contributed by atoms with E-state index >= 15 is 0 Å². The standard InChI is InChI=1S/C18H22N6O2/c1-2-15(25)24-8-3-13-16(22-12-21-13)18(24)4-9-23(10-5-18)17(26)14-11-19-6-7-20-14/h6-7,11-12H,2-5,8-10H2,1H3,(H,21,22). The number of nitrogens with one attached hydrogen (secondary N) is 1. The minimum Gasteiger partial charge on any atom is -0.348 e. The lowest BCUT2D eigenvalue weighted by atomic mass is 9.78. The Labute approximate surface area is 151 Å². The molecule has 2 aliphatic heterocycles. The normalized spacial score (nSPS) is 18.7. The van der Waals surface area contributed by atoms with Gasteiger partial charge in [-0.05, 0) is 12.8 Å².